The third-order valence-electron chi connectivity index (χ3n) is 4.37. The Hall–Kier alpha value is -2.27. The van der Waals surface area contributed by atoms with E-state index in [4.69, 9.17) is 0 Å². The number of carbonyl (C=O) groups excluding carboxylic acids is 2. The lowest BCUT2D eigenvalue weighted by Gasteiger charge is -2.42. The molecule has 0 saturated heterocycles. The first-order valence-electron chi connectivity index (χ1n) is 8.26. The van der Waals surface area contributed by atoms with Crippen molar-refractivity contribution in [3.63, 3.8) is 0 Å². The van der Waals surface area contributed by atoms with Gasteiger partial charge in [0.2, 0.25) is 11.8 Å². The van der Waals surface area contributed by atoms with Crippen LogP contribution in [0.15, 0.2) is 48.5 Å². The fraction of sp³-hybridized carbons (Fsp3) is 0.300. The lowest BCUT2D eigenvalue weighted by Crippen LogP contribution is -2.58. The van der Waals surface area contributed by atoms with Gasteiger partial charge >= 0.3 is 0 Å². The molecule has 0 spiro atoms. The molecule has 1 N–H and O–H groups in total. The number of benzene rings is 2. The van der Waals surface area contributed by atoms with Gasteiger partial charge in [-0.05, 0) is 38.5 Å². The summed E-state index contributed by atoms with van der Waals surface area (Å²) in [6.45, 7) is 5.61. The molecular formula is C20H22N2O2S. The topological polar surface area (TPSA) is 49.4 Å². The van der Waals surface area contributed by atoms with Crippen LogP contribution in [0.25, 0.3) is 0 Å². The monoisotopic (exact) mass is 354 g/mol. The molecule has 130 valence electrons. The lowest BCUT2D eigenvalue weighted by molar-refractivity contribution is -0.125. The van der Waals surface area contributed by atoms with Crippen LogP contribution in [0.1, 0.15) is 25.0 Å². The van der Waals surface area contributed by atoms with Gasteiger partial charge in [-0.2, -0.15) is 0 Å². The number of fused-ring (bicyclic) bond motifs is 1. The zero-order chi connectivity index (χ0) is 18.0. The number of nitrogens with zero attached hydrogens (tertiary/aromatic N) is 1. The highest BCUT2D eigenvalue weighted by atomic mass is 32.2. The molecule has 0 radical (unpaired) electrons. The van der Waals surface area contributed by atoms with E-state index < -0.39 is 5.54 Å². The Morgan fingerprint density at radius 3 is 2.52 bits per heavy atom. The third-order valence-corrected chi connectivity index (χ3v) is 5.36. The zero-order valence-electron chi connectivity index (χ0n) is 14.7. The highest BCUT2D eigenvalue weighted by Gasteiger charge is 2.43. The smallest absolute Gasteiger partial charge is 0.250 e. The number of thioether (sulfide) groups is 1. The number of carbonyl (C=O) groups is 2. The van der Waals surface area contributed by atoms with Gasteiger partial charge in [-0.1, -0.05) is 42.0 Å². The van der Waals surface area contributed by atoms with Gasteiger partial charge in [-0.15, -0.1) is 11.8 Å². The van der Waals surface area contributed by atoms with Crippen LogP contribution in [0.2, 0.25) is 0 Å². The molecule has 1 aliphatic heterocycles. The SMILES string of the molecule is Cc1ccc(CSCC(=O)N2c3ccccc3NC(=O)C2(C)C)cc1. The number of amides is 2. The van der Waals surface area contributed by atoms with Crippen LogP contribution in [0, 0.1) is 6.92 Å². The van der Waals surface area contributed by atoms with Crippen LogP contribution < -0.4 is 10.2 Å². The second kappa shape index (κ2) is 6.92. The van der Waals surface area contributed by atoms with E-state index in [1.165, 1.54) is 11.1 Å². The third kappa shape index (κ3) is 3.56. The van der Waals surface area contributed by atoms with Crippen molar-refractivity contribution >= 4 is 35.0 Å². The average molecular weight is 354 g/mol. The van der Waals surface area contributed by atoms with E-state index in [1.807, 2.05) is 24.3 Å². The van der Waals surface area contributed by atoms with Gasteiger partial charge in [0.15, 0.2) is 0 Å². The van der Waals surface area contributed by atoms with Crippen molar-refractivity contribution in [2.45, 2.75) is 32.1 Å². The maximum atomic E-state index is 12.9. The second-order valence-electron chi connectivity index (χ2n) is 6.74. The summed E-state index contributed by atoms with van der Waals surface area (Å²) in [5.41, 5.74) is 2.95. The van der Waals surface area contributed by atoms with Gasteiger partial charge in [0.25, 0.3) is 0 Å². The predicted octanol–water partition coefficient (Wildman–Crippen LogP) is 3.99. The fourth-order valence-corrected chi connectivity index (χ4v) is 3.74. The van der Waals surface area contributed by atoms with Crippen molar-refractivity contribution in [3.8, 4) is 0 Å². The second-order valence-corrected chi connectivity index (χ2v) is 7.72. The summed E-state index contributed by atoms with van der Waals surface area (Å²) >= 11 is 1.57. The van der Waals surface area contributed by atoms with Crippen molar-refractivity contribution in [3.05, 3.63) is 59.7 Å². The van der Waals surface area contributed by atoms with Crippen molar-refractivity contribution in [2.75, 3.05) is 16.0 Å². The van der Waals surface area contributed by atoms with E-state index in [0.717, 1.165) is 11.4 Å². The maximum absolute atomic E-state index is 12.9. The van der Waals surface area contributed by atoms with Crippen LogP contribution in [0.4, 0.5) is 11.4 Å². The van der Waals surface area contributed by atoms with Gasteiger partial charge in [-0.25, -0.2) is 0 Å². The number of aryl methyl sites for hydroxylation is 1. The Kier molecular flexibility index (Phi) is 4.86. The summed E-state index contributed by atoms with van der Waals surface area (Å²) in [6, 6.07) is 15.7. The largest absolute Gasteiger partial charge is 0.322 e. The molecule has 0 aromatic heterocycles. The van der Waals surface area contributed by atoms with Gasteiger partial charge in [-0.3, -0.25) is 14.5 Å². The normalized spacial score (nSPS) is 15.5. The van der Waals surface area contributed by atoms with Gasteiger partial charge in [0.1, 0.15) is 5.54 Å². The minimum absolute atomic E-state index is 0.0515. The van der Waals surface area contributed by atoms with Crippen LogP contribution in [0.5, 0.6) is 0 Å². The maximum Gasteiger partial charge on any atom is 0.250 e. The highest BCUT2D eigenvalue weighted by Crippen LogP contribution is 2.37. The lowest BCUT2D eigenvalue weighted by atomic mass is 9.96. The molecule has 1 aliphatic rings. The van der Waals surface area contributed by atoms with Crippen molar-refractivity contribution in [2.24, 2.45) is 0 Å². The Balaban J connectivity index is 1.73. The number of hydrogen-bond donors (Lipinski definition) is 1. The Bertz CT molecular complexity index is 800. The Morgan fingerprint density at radius 1 is 1.12 bits per heavy atom. The number of rotatable bonds is 4. The van der Waals surface area contributed by atoms with Crippen molar-refractivity contribution in [1.82, 2.24) is 0 Å². The minimum Gasteiger partial charge on any atom is -0.322 e. The molecule has 0 unspecified atom stereocenters. The van der Waals surface area contributed by atoms with E-state index in [9.17, 15) is 9.59 Å². The molecular weight excluding hydrogens is 332 g/mol. The van der Waals surface area contributed by atoms with Crippen LogP contribution in [0.3, 0.4) is 0 Å². The van der Waals surface area contributed by atoms with E-state index >= 15 is 0 Å². The Morgan fingerprint density at radius 2 is 1.80 bits per heavy atom. The molecule has 2 aromatic rings. The van der Waals surface area contributed by atoms with Crippen LogP contribution >= 0.6 is 11.8 Å². The molecule has 0 fully saturated rings. The molecule has 0 saturated carbocycles. The molecule has 25 heavy (non-hydrogen) atoms. The molecule has 1 heterocycles. The first-order valence-corrected chi connectivity index (χ1v) is 9.42. The number of para-hydroxylation sites is 2. The molecule has 3 rings (SSSR count). The Labute approximate surface area is 152 Å². The van der Waals surface area contributed by atoms with E-state index in [0.29, 0.717) is 11.4 Å². The first kappa shape index (κ1) is 17.5. The predicted molar refractivity (Wildman–Crippen MR) is 104 cm³/mol. The van der Waals surface area contributed by atoms with Gasteiger partial charge < -0.3 is 5.32 Å². The van der Waals surface area contributed by atoms with Crippen molar-refractivity contribution in [1.29, 1.82) is 0 Å². The quantitative estimate of drug-likeness (QED) is 0.903. The summed E-state index contributed by atoms with van der Waals surface area (Å²) in [5, 5.41) is 2.88. The standard InChI is InChI=1S/C20H22N2O2S/c1-14-8-10-15(11-9-14)12-25-13-18(23)22-17-7-5-4-6-16(17)21-19(24)20(22,2)3/h4-11H,12-13H2,1-3H3,(H,21,24). The summed E-state index contributed by atoms with van der Waals surface area (Å²) in [5.74, 6) is 0.889. The number of hydrogen-bond acceptors (Lipinski definition) is 3. The van der Waals surface area contributed by atoms with Gasteiger partial charge in [0, 0.05) is 5.75 Å². The summed E-state index contributed by atoms with van der Waals surface area (Å²) < 4.78 is 0. The van der Waals surface area contributed by atoms with Crippen LogP contribution in [-0.4, -0.2) is 23.1 Å². The summed E-state index contributed by atoms with van der Waals surface area (Å²) in [7, 11) is 0. The van der Waals surface area contributed by atoms with E-state index in [-0.39, 0.29) is 11.8 Å². The number of anilines is 2. The molecule has 0 bridgehead atoms. The minimum atomic E-state index is -0.907. The number of nitrogens with one attached hydrogen (secondary N) is 1. The zero-order valence-corrected chi connectivity index (χ0v) is 15.5. The molecule has 0 aliphatic carbocycles. The highest BCUT2D eigenvalue weighted by molar-refractivity contribution is 7.99. The average Bonchev–Trinajstić information content (AvgIpc) is 2.57. The van der Waals surface area contributed by atoms with E-state index in [2.05, 4.69) is 36.5 Å². The molecule has 5 heteroatoms. The molecule has 2 aromatic carbocycles. The van der Waals surface area contributed by atoms with E-state index in [1.54, 1.807) is 30.5 Å². The summed E-state index contributed by atoms with van der Waals surface area (Å²) in [4.78, 5) is 26.9. The molecule has 4 nitrogen and oxygen atoms in total. The van der Waals surface area contributed by atoms with Gasteiger partial charge in [0.05, 0.1) is 17.1 Å². The molecule has 2 amide bonds. The first-order chi connectivity index (χ1) is 11.9. The molecule has 0 atom stereocenters. The van der Waals surface area contributed by atoms with Crippen LogP contribution in [-0.2, 0) is 15.3 Å². The summed E-state index contributed by atoms with van der Waals surface area (Å²) in [6.07, 6.45) is 0. The fourth-order valence-electron chi connectivity index (χ4n) is 2.90. The van der Waals surface area contributed by atoms with Crippen molar-refractivity contribution < 1.29 is 9.59 Å².